The monoisotopic (exact) mass is 526 g/mol. The van der Waals surface area contributed by atoms with Gasteiger partial charge in [0.1, 0.15) is 12.4 Å². The van der Waals surface area contributed by atoms with Gasteiger partial charge in [0.25, 0.3) is 5.91 Å². The van der Waals surface area contributed by atoms with Gasteiger partial charge >= 0.3 is 11.8 Å². The van der Waals surface area contributed by atoms with Crippen LogP contribution in [0.1, 0.15) is 26.3 Å². The van der Waals surface area contributed by atoms with E-state index in [1.165, 1.54) is 20.8 Å². The smallest absolute Gasteiger partial charge is 0.316 e. The number of hydrogen-bond donors (Lipinski definition) is 2. The lowest BCUT2D eigenvalue weighted by Crippen LogP contribution is -2.61. The van der Waals surface area contributed by atoms with Crippen molar-refractivity contribution >= 4 is 40.7 Å². The van der Waals surface area contributed by atoms with Crippen LogP contribution < -0.4 is 16.1 Å². The van der Waals surface area contributed by atoms with E-state index in [0.29, 0.717) is 22.1 Å². The zero-order valence-electron chi connectivity index (χ0n) is 20.6. The molecule has 0 bridgehead atoms. The summed E-state index contributed by atoms with van der Waals surface area (Å²) in [7, 11) is 0. The van der Waals surface area contributed by atoms with Gasteiger partial charge in [-0.15, -0.1) is 5.10 Å². The van der Waals surface area contributed by atoms with Gasteiger partial charge in [-0.3, -0.25) is 19.2 Å². The first-order chi connectivity index (χ1) is 17.5. The Labute approximate surface area is 218 Å². The molecule has 1 aliphatic rings. The summed E-state index contributed by atoms with van der Waals surface area (Å²) in [5, 5.41) is 11.5. The fourth-order valence-electron chi connectivity index (χ4n) is 3.85. The molecule has 1 aromatic heterocycles. The molecule has 0 spiro atoms. The lowest BCUT2D eigenvalue weighted by molar-refractivity contribution is -0.158. The summed E-state index contributed by atoms with van der Waals surface area (Å²) in [6.07, 6.45) is 1.53. The highest BCUT2D eigenvalue weighted by Gasteiger charge is 2.41. The third-order valence-corrected chi connectivity index (χ3v) is 5.86. The summed E-state index contributed by atoms with van der Waals surface area (Å²) < 4.78 is 1.37. The Morgan fingerprint density at radius 3 is 2.49 bits per heavy atom. The first kappa shape index (κ1) is 26.0. The third-order valence-electron chi connectivity index (χ3n) is 5.62. The average Bonchev–Trinajstić information content (AvgIpc) is 3.38. The number of halogens is 1. The van der Waals surface area contributed by atoms with Gasteiger partial charge in [0.05, 0.1) is 17.0 Å². The van der Waals surface area contributed by atoms with Gasteiger partial charge in [-0.25, -0.2) is 5.48 Å². The predicted molar refractivity (Wildman–Crippen MR) is 136 cm³/mol. The van der Waals surface area contributed by atoms with Crippen LogP contribution in [0.4, 0.5) is 11.4 Å². The van der Waals surface area contributed by atoms with Crippen molar-refractivity contribution in [2.24, 2.45) is 0 Å². The standard InChI is InChI=1S/C24H27ClN8O4/c1-24(2,3)37-28-21(34)20(12-15-4-7-17(26)8-5-15)32-11-10-31(22(35)23(32)36)19-13-16(25)6-9-18(19)33-14-27-29-30-33/h4-9,13-14,20H,10-12,26H2,1-3H3,(H,28,34)/t20-/m0/s1. The summed E-state index contributed by atoms with van der Waals surface area (Å²) in [6.45, 7) is 5.55. The second-order valence-corrected chi connectivity index (χ2v) is 9.92. The number of hydroxylamine groups is 1. The zero-order chi connectivity index (χ0) is 26.7. The van der Waals surface area contributed by atoms with Crippen LogP contribution in [0.25, 0.3) is 5.69 Å². The quantitative estimate of drug-likeness (QED) is 0.267. The van der Waals surface area contributed by atoms with Gasteiger partial charge in [0.15, 0.2) is 0 Å². The molecule has 0 radical (unpaired) electrons. The summed E-state index contributed by atoms with van der Waals surface area (Å²) in [5.41, 5.74) is 9.75. The Hall–Kier alpha value is -4.03. The molecule has 194 valence electrons. The van der Waals surface area contributed by atoms with E-state index < -0.39 is 29.4 Å². The first-order valence-electron chi connectivity index (χ1n) is 11.5. The summed E-state index contributed by atoms with van der Waals surface area (Å²) in [5.74, 6) is -2.19. The summed E-state index contributed by atoms with van der Waals surface area (Å²) >= 11 is 6.21. The molecule has 12 nitrogen and oxygen atoms in total. The summed E-state index contributed by atoms with van der Waals surface area (Å²) in [6, 6.07) is 10.8. The molecule has 1 fully saturated rings. The van der Waals surface area contributed by atoms with E-state index in [0.717, 1.165) is 5.56 Å². The van der Waals surface area contributed by atoms with E-state index in [1.807, 2.05) is 0 Å². The fraction of sp³-hybridized carbons (Fsp3) is 0.333. The van der Waals surface area contributed by atoms with E-state index >= 15 is 0 Å². The van der Waals surface area contributed by atoms with E-state index in [2.05, 4.69) is 21.0 Å². The van der Waals surface area contributed by atoms with E-state index in [1.54, 1.807) is 63.2 Å². The molecule has 3 amide bonds. The van der Waals surface area contributed by atoms with E-state index in [9.17, 15) is 14.4 Å². The number of rotatable bonds is 7. The number of piperazine rings is 1. The van der Waals surface area contributed by atoms with Crippen LogP contribution in [0.15, 0.2) is 48.8 Å². The van der Waals surface area contributed by atoms with Crippen LogP contribution in [-0.4, -0.2) is 67.6 Å². The molecular weight excluding hydrogens is 500 g/mol. The van der Waals surface area contributed by atoms with Crippen molar-refractivity contribution in [3.63, 3.8) is 0 Å². The van der Waals surface area contributed by atoms with Crippen molar-refractivity contribution in [1.82, 2.24) is 30.6 Å². The summed E-state index contributed by atoms with van der Waals surface area (Å²) in [4.78, 5) is 48.0. The molecule has 2 aromatic carbocycles. The minimum Gasteiger partial charge on any atom is -0.399 e. The molecule has 3 aromatic rings. The van der Waals surface area contributed by atoms with Gasteiger partial charge < -0.3 is 15.5 Å². The van der Waals surface area contributed by atoms with Crippen molar-refractivity contribution < 1.29 is 19.2 Å². The molecule has 0 unspecified atom stereocenters. The normalized spacial score (nSPS) is 15.1. The largest absolute Gasteiger partial charge is 0.399 e. The van der Waals surface area contributed by atoms with Gasteiger partial charge in [-0.2, -0.15) is 4.68 Å². The van der Waals surface area contributed by atoms with Crippen molar-refractivity contribution in [2.45, 2.75) is 38.8 Å². The maximum Gasteiger partial charge on any atom is 0.316 e. The minimum atomic E-state index is -0.997. The van der Waals surface area contributed by atoms with Gasteiger partial charge in [-0.05, 0) is 67.1 Å². The molecule has 2 heterocycles. The van der Waals surface area contributed by atoms with Crippen LogP contribution in [0, 0.1) is 0 Å². The Bertz CT molecular complexity index is 1290. The van der Waals surface area contributed by atoms with Crippen LogP contribution in [0.2, 0.25) is 5.02 Å². The second-order valence-electron chi connectivity index (χ2n) is 9.49. The number of tetrazole rings is 1. The van der Waals surface area contributed by atoms with Crippen LogP contribution in [0.5, 0.6) is 0 Å². The number of nitrogens with one attached hydrogen (secondary N) is 1. The Morgan fingerprint density at radius 2 is 1.84 bits per heavy atom. The molecule has 1 atom stereocenters. The molecule has 0 saturated carbocycles. The molecule has 1 aliphatic heterocycles. The molecule has 37 heavy (non-hydrogen) atoms. The predicted octanol–water partition coefficient (Wildman–Crippen LogP) is 1.53. The highest BCUT2D eigenvalue weighted by molar-refractivity contribution is 6.41. The van der Waals surface area contributed by atoms with Crippen molar-refractivity contribution in [3.8, 4) is 5.69 Å². The first-order valence-corrected chi connectivity index (χ1v) is 11.9. The minimum absolute atomic E-state index is 0.0920. The lowest BCUT2D eigenvalue weighted by Gasteiger charge is -2.38. The maximum absolute atomic E-state index is 13.4. The molecule has 3 N–H and O–H groups in total. The number of hydrogen-bond acceptors (Lipinski definition) is 8. The zero-order valence-corrected chi connectivity index (χ0v) is 21.3. The van der Waals surface area contributed by atoms with Crippen molar-refractivity contribution in [2.75, 3.05) is 23.7 Å². The van der Waals surface area contributed by atoms with Crippen LogP contribution >= 0.6 is 11.6 Å². The number of anilines is 2. The van der Waals surface area contributed by atoms with Crippen molar-refractivity contribution in [3.05, 3.63) is 59.4 Å². The molecule has 4 rings (SSSR count). The number of nitrogens with two attached hydrogens (primary N) is 1. The Morgan fingerprint density at radius 1 is 1.11 bits per heavy atom. The number of nitrogen functional groups attached to an aromatic ring is 1. The lowest BCUT2D eigenvalue weighted by atomic mass is 10.0. The SMILES string of the molecule is CC(C)(C)ONC(=O)[C@H](Cc1ccc(N)cc1)N1CCN(c2cc(Cl)ccc2-n2cnnn2)C(=O)C1=O. The van der Waals surface area contributed by atoms with Gasteiger partial charge in [0.2, 0.25) is 0 Å². The number of benzene rings is 2. The molecular formula is C24H27ClN8O4. The Balaban J connectivity index is 1.61. The molecule has 0 aliphatic carbocycles. The van der Waals surface area contributed by atoms with E-state index in [-0.39, 0.29) is 19.5 Å². The number of carbonyl (C=O) groups is 3. The van der Waals surface area contributed by atoms with Gasteiger partial charge in [-0.1, -0.05) is 23.7 Å². The van der Waals surface area contributed by atoms with Crippen LogP contribution in [0.3, 0.4) is 0 Å². The average molecular weight is 527 g/mol. The maximum atomic E-state index is 13.4. The van der Waals surface area contributed by atoms with Gasteiger partial charge in [0, 0.05) is 30.2 Å². The fourth-order valence-corrected chi connectivity index (χ4v) is 4.01. The molecule has 13 heteroatoms. The number of amides is 3. The highest BCUT2D eigenvalue weighted by atomic mass is 35.5. The second kappa shape index (κ2) is 10.5. The third kappa shape index (κ3) is 6.04. The van der Waals surface area contributed by atoms with Crippen molar-refractivity contribution in [1.29, 1.82) is 0 Å². The highest BCUT2D eigenvalue weighted by Crippen LogP contribution is 2.29. The number of aromatic nitrogens is 4. The molecule has 1 saturated heterocycles. The van der Waals surface area contributed by atoms with E-state index in [4.69, 9.17) is 22.2 Å². The number of nitrogens with zero attached hydrogens (tertiary/aromatic N) is 6. The number of carbonyl (C=O) groups excluding carboxylic acids is 3. The Kier molecular flexibility index (Phi) is 7.41. The topological polar surface area (TPSA) is 149 Å². The van der Waals surface area contributed by atoms with Crippen LogP contribution in [-0.2, 0) is 25.6 Å².